The highest BCUT2D eigenvalue weighted by molar-refractivity contribution is 5.54. The predicted molar refractivity (Wildman–Crippen MR) is 75.3 cm³/mol. The molecule has 1 aromatic carbocycles. The molecule has 2 rings (SSSR count). The molecule has 0 aliphatic rings. The van der Waals surface area contributed by atoms with E-state index in [1.807, 2.05) is 36.4 Å². The van der Waals surface area contributed by atoms with Gasteiger partial charge in [0.15, 0.2) is 0 Å². The minimum absolute atomic E-state index is 0.630. The summed E-state index contributed by atoms with van der Waals surface area (Å²) >= 11 is 0. The second-order valence-corrected chi connectivity index (χ2v) is 3.90. The smallest absolute Gasteiger partial charge is 0.229 e. The number of anilines is 3. The first-order valence-electron chi connectivity index (χ1n) is 6.23. The van der Waals surface area contributed by atoms with E-state index in [0.717, 1.165) is 24.6 Å². The highest BCUT2D eigenvalue weighted by Gasteiger charge is 2.05. The number of rotatable bonds is 5. The van der Waals surface area contributed by atoms with Gasteiger partial charge in [-0.15, -0.1) is 0 Å². The van der Waals surface area contributed by atoms with E-state index >= 15 is 0 Å². The lowest BCUT2D eigenvalue weighted by molar-refractivity contribution is 0.843. The number of aromatic nitrogens is 2. The van der Waals surface area contributed by atoms with Crippen molar-refractivity contribution in [3.63, 3.8) is 0 Å². The van der Waals surface area contributed by atoms with Gasteiger partial charge in [0.05, 0.1) is 0 Å². The van der Waals surface area contributed by atoms with Gasteiger partial charge in [-0.1, -0.05) is 18.2 Å². The lowest BCUT2D eigenvalue weighted by atomic mass is 10.3. The van der Waals surface area contributed by atoms with Gasteiger partial charge in [0.25, 0.3) is 0 Å². The summed E-state index contributed by atoms with van der Waals surface area (Å²) in [6.07, 6.45) is 1.78. The van der Waals surface area contributed by atoms with E-state index in [2.05, 4.69) is 34.0 Å². The average molecular weight is 242 g/mol. The minimum atomic E-state index is 0.630. The quantitative estimate of drug-likeness (QED) is 0.874. The zero-order chi connectivity index (χ0) is 12.8. The highest BCUT2D eigenvalue weighted by atomic mass is 15.2. The molecule has 0 saturated heterocycles. The number of hydrogen-bond acceptors (Lipinski definition) is 4. The van der Waals surface area contributed by atoms with Gasteiger partial charge < -0.3 is 10.2 Å². The van der Waals surface area contributed by atoms with Gasteiger partial charge in [0, 0.05) is 25.0 Å². The molecule has 0 fully saturated rings. The van der Waals surface area contributed by atoms with Crippen LogP contribution in [0.3, 0.4) is 0 Å². The van der Waals surface area contributed by atoms with Crippen molar-refractivity contribution in [1.29, 1.82) is 0 Å². The SMILES string of the molecule is CCN(CC)c1ccnc(Nc2ccccc2)n1. The molecule has 0 radical (unpaired) electrons. The molecule has 0 atom stereocenters. The Kier molecular flexibility index (Phi) is 4.12. The van der Waals surface area contributed by atoms with Crippen LogP contribution in [0, 0.1) is 0 Å². The zero-order valence-corrected chi connectivity index (χ0v) is 10.8. The molecule has 0 unspecified atom stereocenters. The molecule has 1 aromatic heterocycles. The topological polar surface area (TPSA) is 41.1 Å². The summed E-state index contributed by atoms with van der Waals surface area (Å²) in [6, 6.07) is 11.9. The van der Waals surface area contributed by atoms with Crippen molar-refractivity contribution in [1.82, 2.24) is 9.97 Å². The normalized spacial score (nSPS) is 10.1. The van der Waals surface area contributed by atoms with Crippen LogP contribution in [-0.4, -0.2) is 23.1 Å². The van der Waals surface area contributed by atoms with Crippen LogP contribution in [0.15, 0.2) is 42.6 Å². The molecule has 0 aliphatic heterocycles. The fraction of sp³-hybridized carbons (Fsp3) is 0.286. The van der Waals surface area contributed by atoms with Crippen LogP contribution in [0.5, 0.6) is 0 Å². The maximum Gasteiger partial charge on any atom is 0.229 e. The molecule has 2 aromatic rings. The van der Waals surface area contributed by atoms with E-state index in [-0.39, 0.29) is 0 Å². The molecule has 0 bridgehead atoms. The molecular formula is C14H18N4. The van der Waals surface area contributed by atoms with Crippen LogP contribution in [0.4, 0.5) is 17.5 Å². The van der Waals surface area contributed by atoms with E-state index in [1.165, 1.54) is 0 Å². The molecule has 0 saturated carbocycles. The number of nitrogens with one attached hydrogen (secondary N) is 1. The summed E-state index contributed by atoms with van der Waals surface area (Å²) in [5.74, 6) is 1.58. The first kappa shape index (κ1) is 12.4. The third kappa shape index (κ3) is 2.97. The van der Waals surface area contributed by atoms with Crippen LogP contribution in [-0.2, 0) is 0 Å². The largest absolute Gasteiger partial charge is 0.357 e. The van der Waals surface area contributed by atoms with Gasteiger partial charge in [0.2, 0.25) is 5.95 Å². The summed E-state index contributed by atoms with van der Waals surface area (Å²) in [4.78, 5) is 10.9. The molecule has 18 heavy (non-hydrogen) atoms. The first-order valence-corrected chi connectivity index (χ1v) is 6.23. The predicted octanol–water partition coefficient (Wildman–Crippen LogP) is 3.07. The Morgan fingerprint density at radius 1 is 1.06 bits per heavy atom. The maximum atomic E-state index is 4.51. The van der Waals surface area contributed by atoms with Gasteiger partial charge in [-0.2, -0.15) is 4.98 Å². The third-order valence-corrected chi connectivity index (χ3v) is 2.76. The second kappa shape index (κ2) is 6.00. The van der Waals surface area contributed by atoms with Crippen LogP contribution < -0.4 is 10.2 Å². The Morgan fingerprint density at radius 3 is 2.44 bits per heavy atom. The van der Waals surface area contributed by atoms with Crippen LogP contribution in [0.1, 0.15) is 13.8 Å². The first-order chi connectivity index (χ1) is 8.83. The Morgan fingerprint density at radius 2 is 1.78 bits per heavy atom. The Hall–Kier alpha value is -2.10. The van der Waals surface area contributed by atoms with Crippen LogP contribution in [0.2, 0.25) is 0 Å². The van der Waals surface area contributed by atoms with Gasteiger partial charge in [0.1, 0.15) is 5.82 Å². The number of nitrogens with zero attached hydrogens (tertiary/aromatic N) is 3. The van der Waals surface area contributed by atoms with Gasteiger partial charge >= 0.3 is 0 Å². The molecule has 4 heteroatoms. The molecule has 0 aliphatic carbocycles. The average Bonchev–Trinajstić information content (AvgIpc) is 2.42. The Balaban J connectivity index is 2.17. The molecular weight excluding hydrogens is 224 g/mol. The van der Waals surface area contributed by atoms with Crippen molar-refractivity contribution < 1.29 is 0 Å². The lowest BCUT2D eigenvalue weighted by Crippen LogP contribution is -2.23. The van der Waals surface area contributed by atoms with Crippen molar-refractivity contribution >= 4 is 17.5 Å². The summed E-state index contributed by atoms with van der Waals surface area (Å²) in [6.45, 7) is 6.13. The summed E-state index contributed by atoms with van der Waals surface area (Å²) in [5, 5.41) is 3.20. The zero-order valence-electron chi connectivity index (χ0n) is 10.8. The van der Waals surface area contributed by atoms with E-state index in [4.69, 9.17) is 0 Å². The fourth-order valence-electron chi connectivity index (χ4n) is 1.78. The second-order valence-electron chi connectivity index (χ2n) is 3.90. The number of hydrogen-bond donors (Lipinski definition) is 1. The van der Waals surface area contributed by atoms with E-state index in [0.29, 0.717) is 5.95 Å². The minimum Gasteiger partial charge on any atom is -0.357 e. The van der Waals surface area contributed by atoms with Crippen molar-refractivity contribution in [2.45, 2.75) is 13.8 Å². The summed E-state index contributed by atoms with van der Waals surface area (Å²) in [5.41, 5.74) is 0.995. The van der Waals surface area contributed by atoms with E-state index in [1.54, 1.807) is 6.20 Å². The van der Waals surface area contributed by atoms with Crippen LogP contribution in [0.25, 0.3) is 0 Å². The monoisotopic (exact) mass is 242 g/mol. The molecule has 0 spiro atoms. The molecule has 0 amide bonds. The van der Waals surface area contributed by atoms with Gasteiger partial charge in [-0.05, 0) is 32.0 Å². The van der Waals surface area contributed by atoms with Gasteiger partial charge in [-0.25, -0.2) is 4.98 Å². The highest BCUT2D eigenvalue weighted by Crippen LogP contribution is 2.15. The fourth-order valence-corrected chi connectivity index (χ4v) is 1.78. The van der Waals surface area contributed by atoms with Crippen molar-refractivity contribution in [3.8, 4) is 0 Å². The summed E-state index contributed by atoms with van der Waals surface area (Å²) < 4.78 is 0. The Labute approximate surface area is 108 Å². The Bertz CT molecular complexity index is 480. The molecule has 4 nitrogen and oxygen atoms in total. The molecule has 1 N–H and O–H groups in total. The molecule has 94 valence electrons. The summed E-state index contributed by atoms with van der Waals surface area (Å²) in [7, 11) is 0. The lowest BCUT2D eigenvalue weighted by Gasteiger charge is -2.19. The van der Waals surface area contributed by atoms with E-state index in [9.17, 15) is 0 Å². The van der Waals surface area contributed by atoms with Crippen LogP contribution >= 0.6 is 0 Å². The standard InChI is InChI=1S/C14H18N4/c1-3-18(4-2)13-10-11-15-14(17-13)16-12-8-6-5-7-9-12/h5-11H,3-4H2,1-2H3,(H,15,16,17). The van der Waals surface area contributed by atoms with Gasteiger partial charge in [-0.3, -0.25) is 0 Å². The van der Waals surface area contributed by atoms with Crippen molar-refractivity contribution in [3.05, 3.63) is 42.6 Å². The van der Waals surface area contributed by atoms with E-state index < -0.39 is 0 Å². The van der Waals surface area contributed by atoms with Crippen molar-refractivity contribution in [2.24, 2.45) is 0 Å². The maximum absolute atomic E-state index is 4.51. The van der Waals surface area contributed by atoms with Crippen molar-refractivity contribution in [2.75, 3.05) is 23.3 Å². The number of benzene rings is 1. The molecule has 1 heterocycles. The number of para-hydroxylation sites is 1. The third-order valence-electron chi connectivity index (χ3n) is 2.76.